The molecular formula is C15H19N3O3. The van der Waals surface area contributed by atoms with Crippen LogP contribution in [-0.2, 0) is 9.53 Å². The minimum Gasteiger partial charge on any atom is -0.493 e. The highest BCUT2D eigenvalue weighted by Crippen LogP contribution is 2.18. The molecule has 1 atom stereocenters. The number of nitrogens with one attached hydrogen (secondary N) is 2. The molecule has 0 spiro atoms. The molecule has 1 saturated heterocycles. The van der Waals surface area contributed by atoms with E-state index in [4.69, 9.17) is 14.7 Å². The van der Waals surface area contributed by atoms with Crippen LogP contribution >= 0.6 is 0 Å². The molecule has 1 amide bonds. The van der Waals surface area contributed by atoms with Crippen molar-refractivity contribution in [2.75, 3.05) is 31.6 Å². The number of nitriles is 1. The van der Waals surface area contributed by atoms with Crippen molar-refractivity contribution in [3.05, 3.63) is 24.3 Å². The quantitative estimate of drug-likeness (QED) is 0.771. The predicted octanol–water partition coefficient (Wildman–Crippen LogP) is 1.30. The van der Waals surface area contributed by atoms with Gasteiger partial charge in [-0.3, -0.25) is 4.79 Å². The van der Waals surface area contributed by atoms with Gasteiger partial charge in [-0.05, 0) is 18.6 Å². The lowest BCUT2D eigenvalue weighted by Crippen LogP contribution is -2.45. The zero-order chi connectivity index (χ0) is 14.9. The van der Waals surface area contributed by atoms with Crippen LogP contribution in [0.5, 0.6) is 5.75 Å². The maximum Gasteiger partial charge on any atom is 0.254 e. The van der Waals surface area contributed by atoms with Gasteiger partial charge in [0, 0.05) is 31.3 Å². The molecule has 0 aromatic heterocycles. The zero-order valence-corrected chi connectivity index (χ0v) is 11.8. The third-order valence-corrected chi connectivity index (χ3v) is 3.02. The molecule has 1 heterocycles. The summed E-state index contributed by atoms with van der Waals surface area (Å²) in [5.74, 6) is 0.511. The van der Waals surface area contributed by atoms with Gasteiger partial charge >= 0.3 is 0 Å². The van der Waals surface area contributed by atoms with Gasteiger partial charge < -0.3 is 20.1 Å². The normalized spacial score (nSPS) is 17.8. The van der Waals surface area contributed by atoms with Gasteiger partial charge in [-0.15, -0.1) is 0 Å². The molecule has 1 aromatic rings. The minimum atomic E-state index is -0.459. The van der Waals surface area contributed by atoms with Crippen molar-refractivity contribution in [1.82, 2.24) is 5.32 Å². The topological polar surface area (TPSA) is 83.4 Å². The number of hydrogen-bond acceptors (Lipinski definition) is 5. The molecule has 0 aliphatic carbocycles. The highest BCUT2D eigenvalue weighted by Gasteiger charge is 2.21. The maximum absolute atomic E-state index is 12.0. The number of carbonyl (C=O) groups excluding carboxylic acids is 1. The molecule has 0 saturated carbocycles. The lowest BCUT2D eigenvalue weighted by atomic mass is 10.2. The Kier molecular flexibility index (Phi) is 6.00. The summed E-state index contributed by atoms with van der Waals surface area (Å²) in [4.78, 5) is 12.0. The number of nitrogens with zero attached hydrogens (tertiary/aromatic N) is 1. The largest absolute Gasteiger partial charge is 0.493 e. The van der Waals surface area contributed by atoms with Crippen molar-refractivity contribution in [1.29, 1.82) is 5.26 Å². The molecule has 0 bridgehead atoms. The highest BCUT2D eigenvalue weighted by atomic mass is 16.5. The molecule has 1 aromatic carbocycles. The number of rotatable bonds is 6. The number of unbranched alkanes of at least 4 members (excludes halogenated alkanes) is 1. The van der Waals surface area contributed by atoms with Crippen LogP contribution in [0, 0.1) is 11.3 Å². The lowest BCUT2D eigenvalue weighted by molar-refractivity contribution is -0.128. The molecule has 2 rings (SSSR count). The van der Waals surface area contributed by atoms with Crippen LogP contribution in [0.1, 0.15) is 12.8 Å². The van der Waals surface area contributed by atoms with E-state index in [0.717, 1.165) is 6.54 Å². The summed E-state index contributed by atoms with van der Waals surface area (Å²) in [5, 5.41) is 14.4. The number of benzene rings is 1. The van der Waals surface area contributed by atoms with Gasteiger partial charge in [-0.1, -0.05) is 6.07 Å². The first-order valence-electron chi connectivity index (χ1n) is 7.02. The van der Waals surface area contributed by atoms with Crippen molar-refractivity contribution < 1.29 is 14.3 Å². The second-order valence-corrected chi connectivity index (χ2v) is 4.69. The van der Waals surface area contributed by atoms with Gasteiger partial charge in [0.2, 0.25) is 0 Å². The number of hydrogen-bond donors (Lipinski definition) is 2. The van der Waals surface area contributed by atoms with Gasteiger partial charge in [0.1, 0.15) is 11.9 Å². The fraction of sp³-hybridized carbons (Fsp3) is 0.467. The fourth-order valence-electron chi connectivity index (χ4n) is 1.96. The van der Waals surface area contributed by atoms with E-state index in [1.807, 2.05) is 12.1 Å². The van der Waals surface area contributed by atoms with Gasteiger partial charge in [-0.25, -0.2) is 0 Å². The molecule has 112 valence electrons. The molecule has 21 heavy (non-hydrogen) atoms. The Balaban J connectivity index is 1.85. The van der Waals surface area contributed by atoms with Crippen LogP contribution in [0.15, 0.2) is 24.3 Å². The van der Waals surface area contributed by atoms with Crippen LogP contribution in [0.3, 0.4) is 0 Å². The second-order valence-electron chi connectivity index (χ2n) is 4.69. The van der Waals surface area contributed by atoms with E-state index in [9.17, 15) is 4.79 Å². The summed E-state index contributed by atoms with van der Waals surface area (Å²) in [7, 11) is 0. The van der Waals surface area contributed by atoms with E-state index in [2.05, 4.69) is 16.7 Å². The van der Waals surface area contributed by atoms with Gasteiger partial charge in [-0.2, -0.15) is 5.26 Å². The van der Waals surface area contributed by atoms with E-state index in [0.29, 0.717) is 44.0 Å². The molecule has 0 radical (unpaired) electrons. The summed E-state index contributed by atoms with van der Waals surface area (Å²) >= 11 is 0. The van der Waals surface area contributed by atoms with E-state index < -0.39 is 6.10 Å². The molecule has 6 heteroatoms. The van der Waals surface area contributed by atoms with Gasteiger partial charge in [0.05, 0.1) is 19.3 Å². The number of morpholine rings is 1. The number of amides is 1. The lowest BCUT2D eigenvalue weighted by Gasteiger charge is -2.22. The monoisotopic (exact) mass is 289 g/mol. The zero-order valence-electron chi connectivity index (χ0n) is 11.8. The molecule has 1 fully saturated rings. The first kappa shape index (κ1) is 15.3. The Morgan fingerprint density at radius 1 is 1.57 bits per heavy atom. The smallest absolute Gasteiger partial charge is 0.254 e. The molecule has 1 aliphatic rings. The van der Waals surface area contributed by atoms with Crippen LogP contribution in [0.2, 0.25) is 0 Å². The third kappa shape index (κ3) is 5.06. The van der Waals surface area contributed by atoms with Crippen molar-refractivity contribution in [3.63, 3.8) is 0 Å². The van der Waals surface area contributed by atoms with E-state index in [1.54, 1.807) is 12.1 Å². The van der Waals surface area contributed by atoms with Gasteiger partial charge in [0.15, 0.2) is 0 Å². The number of anilines is 1. The van der Waals surface area contributed by atoms with Crippen molar-refractivity contribution in [2.24, 2.45) is 0 Å². The molecular weight excluding hydrogens is 270 g/mol. The van der Waals surface area contributed by atoms with Crippen molar-refractivity contribution >= 4 is 11.6 Å². The van der Waals surface area contributed by atoms with E-state index in [-0.39, 0.29) is 5.91 Å². The SMILES string of the molecule is N#CCCCOc1cccc(NC(=O)C2CNCCO2)c1. The summed E-state index contributed by atoms with van der Waals surface area (Å²) < 4.78 is 10.9. The second kappa shape index (κ2) is 8.25. The van der Waals surface area contributed by atoms with E-state index in [1.165, 1.54) is 0 Å². The summed E-state index contributed by atoms with van der Waals surface area (Å²) in [6, 6.07) is 9.27. The van der Waals surface area contributed by atoms with Crippen LogP contribution in [0.4, 0.5) is 5.69 Å². The highest BCUT2D eigenvalue weighted by molar-refractivity contribution is 5.94. The average Bonchev–Trinajstić information content (AvgIpc) is 2.53. The Labute approximate surface area is 124 Å². The first-order valence-corrected chi connectivity index (χ1v) is 7.02. The van der Waals surface area contributed by atoms with Crippen LogP contribution in [0.25, 0.3) is 0 Å². The fourth-order valence-corrected chi connectivity index (χ4v) is 1.96. The molecule has 6 nitrogen and oxygen atoms in total. The molecule has 1 unspecified atom stereocenters. The standard InChI is InChI=1S/C15H19N3O3/c16-6-1-2-8-20-13-5-3-4-12(10-13)18-15(19)14-11-17-7-9-21-14/h3-5,10,14,17H,1-2,7-9,11H2,(H,18,19). The number of ether oxygens (including phenoxy) is 2. The maximum atomic E-state index is 12.0. The Morgan fingerprint density at radius 3 is 3.24 bits per heavy atom. The molecule has 1 aliphatic heterocycles. The van der Waals surface area contributed by atoms with E-state index >= 15 is 0 Å². The molecule has 2 N–H and O–H groups in total. The Bertz CT molecular complexity index is 507. The van der Waals surface area contributed by atoms with Crippen LogP contribution in [-0.4, -0.2) is 38.3 Å². The average molecular weight is 289 g/mol. The summed E-state index contributed by atoms with van der Waals surface area (Å²) in [5.41, 5.74) is 0.673. The van der Waals surface area contributed by atoms with Gasteiger partial charge in [0.25, 0.3) is 5.91 Å². The van der Waals surface area contributed by atoms with Crippen molar-refractivity contribution in [3.8, 4) is 11.8 Å². The predicted molar refractivity (Wildman–Crippen MR) is 78.0 cm³/mol. The third-order valence-electron chi connectivity index (χ3n) is 3.02. The number of carbonyl (C=O) groups is 1. The minimum absolute atomic E-state index is 0.163. The Hall–Kier alpha value is -2.10. The Morgan fingerprint density at radius 2 is 2.48 bits per heavy atom. The summed E-state index contributed by atoms with van der Waals surface area (Å²) in [6.07, 6.45) is 0.705. The summed E-state index contributed by atoms with van der Waals surface area (Å²) in [6.45, 7) is 2.33. The van der Waals surface area contributed by atoms with Crippen LogP contribution < -0.4 is 15.4 Å². The first-order chi connectivity index (χ1) is 10.3. The van der Waals surface area contributed by atoms with Crippen molar-refractivity contribution in [2.45, 2.75) is 18.9 Å².